The maximum Gasteiger partial charge on any atom is 0.227 e. The van der Waals surface area contributed by atoms with Crippen LogP contribution in [0.2, 0.25) is 0 Å². The van der Waals surface area contributed by atoms with E-state index in [0.717, 1.165) is 63.9 Å². The van der Waals surface area contributed by atoms with E-state index in [1.54, 1.807) is 6.20 Å². The number of aromatic nitrogens is 2. The Hall–Kier alpha value is -2.03. The molecule has 0 aliphatic carbocycles. The van der Waals surface area contributed by atoms with E-state index < -0.39 is 11.6 Å². The average molecular weight is 426 g/mol. The number of carbonyl (C=O) groups excluding carboxylic acids is 1. The molecule has 6 nitrogen and oxygen atoms in total. The van der Waals surface area contributed by atoms with E-state index in [1.165, 1.54) is 16.8 Å². The fraction of sp³-hybridized carbons (Fsp3) is 0.500. The molecule has 0 bridgehead atoms. The van der Waals surface area contributed by atoms with Crippen LogP contribution in [0.15, 0.2) is 30.5 Å². The summed E-state index contributed by atoms with van der Waals surface area (Å²) >= 11 is 0. The maximum absolute atomic E-state index is 14.0. The summed E-state index contributed by atoms with van der Waals surface area (Å²) in [6.45, 7) is 5.54. The minimum Gasteiger partial charge on any atom is -0.340 e. The second-order valence-corrected chi connectivity index (χ2v) is 7.50. The first-order valence-electron chi connectivity index (χ1n) is 9.82. The molecule has 1 aromatic heterocycles. The van der Waals surface area contributed by atoms with Crippen LogP contribution in [0.1, 0.15) is 18.5 Å². The van der Waals surface area contributed by atoms with Crippen molar-refractivity contribution >= 4 is 18.3 Å². The number of nitrogens with one attached hydrogen (secondary N) is 1. The minimum atomic E-state index is -0.644. The molecule has 2 aliphatic heterocycles. The molecule has 1 aromatic carbocycles. The predicted molar refractivity (Wildman–Crippen MR) is 108 cm³/mol. The average Bonchev–Trinajstić information content (AvgIpc) is 3.16. The molecule has 2 aliphatic rings. The van der Waals surface area contributed by atoms with Gasteiger partial charge in [-0.15, -0.1) is 12.4 Å². The van der Waals surface area contributed by atoms with E-state index in [-0.39, 0.29) is 29.9 Å². The second-order valence-electron chi connectivity index (χ2n) is 7.50. The van der Waals surface area contributed by atoms with Gasteiger partial charge in [0.25, 0.3) is 0 Å². The molecule has 0 radical (unpaired) electrons. The fourth-order valence-electron chi connectivity index (χ4n) is 4.02. The number of piperidine rings is 1. The largest absolute Gasteiger partial charge is 0.340 e. The topological polar surface area (TPSA) is 53.4 Å². The Balaban J connectivity index is 0.00000240. The monoisotopic (exact) mass is 425 g/mol. The zero-order chi connectivity index (χ0) is 19.5. The lowest BCUT2D eigenvalue weighted by molar-refractivity contribution is -0.138. The van der Waals surface area contributed by atoms with Crippen LogP contribution in [0.3, 0.4) is 0 Å². The zero-order valence-electron chi connectivity index (χ0n) is 16.2. The van der Waals surface area contributed by atoms with E-state index in [0.29, 0.717) is 6.54 Å². The summed E-state index contributed by atoms with van der Waals surface area (Å²) in [6, 6.07) is 5.29. The molecular weight excluding hydrogens is 400 g/mol. The molecule has 1 unspecified atom stereocenters. The van der Waals surface area contributed by atoms with Crippen molar-refractivity contribution in [1.82, 2.24) is 24.9 Å². The van der Waals surface area contributed by atoms with E-state index in [4.69, 9.17) is 0 Å². The highest BCUT2D eigenvalue weighted by atomic mass is 35.5. The van der Waals surface area contributed by atoms with Gasteiger partial charge < -0.3 is 10.2 Å². The highest BCUT2D eigenvalue weighted by Gasteiger charge is 2.30. The van der Waals surface area contributed by atoms with Gasteiger partial charge in [0.1, 0.15) is 11.5 Å². The van der Waals surface area contributed by atoms with Crippen LogP contribution in [0, 0.1) is 17.6 Å². The van der Waals surface area contributed by atoms with Gasteiger partial charge in [-0.2, -0.15) is 5.10 Å². The molecular formula is C20H26ClF2N5O. The first-order chi connectivity index (χ1) is 13.6. The van der Waals surface area contributed by atoms with Crippen LogP contribution in [-0.4, -0.2) is 64.8 Å². The standard InChI is InChI=1S/C20H25F2N5O.ClH/c21-16-3-4-19(18(22)12-16)27-9-5-17(24-27)14-25-8-1-2-15(13-25)20(28)26-10-6-23-7-11-26;/h3-5,9,12,15,23H,1-2,6-8,10-11,13-14H2;1H. The lowest BCUT2D eigenvalue weighted by atomic mass is 9.96. The molecule has 1 amide bonds. The number of carbonyl (C=O) groups is 1. The van der Waals surface area contributed by atoms with Crippen molar-refractivity contribution < 1.29 is 13.6 Å². The van der Waals surface area contributed by atoms with Crippen molar-refractivity contribution in [2.45, 2.75) is 19.4 Å². The molecule has 158 valence electrons. The first kappa shape index (κ1) is 21.7. The van der Waals surface area contributed by atoms with Crippen molar-refractivity contribution in [1.29, 1.82) is 0 Å². The summed E-state index contributed by atoms with van der Waals surface area (Å²) in [5.41, 5.74) is 1.03. The van der Waals surface area contributed by atoms with Gasteiger partial charge in [-0.25, -0.2) is 13.5 Å². The van der Waals surface area contributed by atoms with Crippen LogP contribution in [-0.2, 0) is 11.3 Å². The molecule has 1 atom stereocenters. The van der Waals surface area contributed by atoms with Gasteiger partial charge in [0.05, 0.1) is 11.6 Å². The predicted octanol–water partition coefficient (Wildman–Crippen LogP) is 2.22. The van der Waals surface area contributed by atoms with Crippen molar-refractivity contribution in [2.24, 2.45) is 5.92 Å². The highest BCUT2D eigenvalue weighted by molar-refractivity contribution is 5.85. The van der Waals surface area contributed by atoms with Crippen molar-refractivity contribution in [3.05, 3.63) is 47.8 Å². The van der Waals surface area contributed by atoms with E-state index >= 15 is 0 Å². The summed E-state index contributed by atoms with van der Waals surface area (Å²) < 4.78 is 28.5. The number of nitrogens with zero attached hydrogens (tertiary/aromatic N) is 4. The smallest absolute Gasteiger partial charge is 0.227 e. The van der Waals surface area contributed by atoms with Crippen LogP contribution >= 0.6 is 12.4 Å². The highest BCUT2D eigenvalue weighted by Crippen LogP contribution is 2.21. The lowest BCUT2D eigenvalue weighted by Gasteiger charge is -2.36. The number of hydrogen-bond acceptors (Lipinski definition) is 4. The summed E-state index contributed by atoms with van der Waals surface area (Å²) in [7, 11) is 0. The summed E-state index contributed by atoms with van der Waals surface area (Å²) in [5.74, 6) is -0.968. The number of halogens is 3. The molecule has 1 N–H and O–H groups in total. The number of benzene rings is 1. The second kappa shape index (κ2) is 9.65. The summed E-state index contributed by atoms with van der Waals surface area (Å²) in [4.78, 5) is 17.0. The minimum absolute atomic E-state index is 0. The number of hydrogen-bond donors (Lipinski definition) is 1. The van der Waals surface area contributed by atoms with Gasteiger partial charge in [-0.3, -0.25) is 9.69 Å². The van der Waals surface area contributed by atoms with E-state index in [1.807, 2.05) is 11.0 Å². The number of piperazine rings is 1. The third kappa shape index (κ3) is 5.12. The number of amides is 1. The quantitative estimate of drug-likeness (QED) is 0.816. The van der Waals surface area contributed by atoms with Crippen molar-refractivity contribution in [3.8, 4) is 5.69 Å². The van der Waals surface area contributed by atoms with Gasteiger partial charge in [0, 0.05) is 51.5 Å². The Bertz CT molecular complexity index is 840. The maximum atomic E-state index is 14.0. The third-order valence-corrected chi connectivity index (χ3v) is 5.47. The summed E-state index contributed by atoms with van der Waals surface area (Å²) in [6.07, 6.45) is 3.59. The van der Waals surface area contributed by atoms with Crippen LogP contribution in [0.4, 0.5) is 8.78 Å². The lowest BCUT2D eigenvalue weighted by Crippen LogP contribution is -2.51. The molecule has 2 fully saturated rings. The van der Waals surface area contributed by atoms with E-state index in [9.17, 15) is 13.6 Å². The molecule has 2 aromatic rings. The summed E-state index contributed by atoms with van der Waals surface area (Å²) in [5, 5.41) is 7.71. The van der Waals surface area contributed by atoms with Gasteiger partial charge in [0.2, 0.25) is 5.91 Å². The van der Waals surface area contributed by atoms with Gasteiger partial charge in [-0.05, 0) is 37.6 Å². The molecule has 0 spiro atoms. The molecule has 9 heteroatoms. The normalized spacial score (nSPS) is 20.3. The van der Waals surface area contributed by atoms with Crippen molar-refractivity contribution in [3.63, 3.8) is 0 Å². The molecule has 0 saturated carbocycles. The molecule has 3 heterocycles. The fourth-order valence-corrected chi connectivity index (χ4v) is 4.02. The van der Waals surface area contributed by atoms with E-state index in [2.05, 4.69) is 15.3 Å². The van der Waals surface area contributed by atoms with Crippen LogP contribution in [0.5, 0.6) is 0 Å². The molecule has 29 heavy (non-hydrogen) atoms. The van der Waals surface area contributed by atoms with Gasteiger partial charge in [-0.1, -0.05) is 0 Å². The van der Waals surface area contributed by atoms with Crippen LogP contribution < -0.4 is 5.32 Å². The Kier molecular flexibility index (Phi) is 7.21. The van der Waals surface area contributed by atoms with Crippen LogP contribution in [0.25, 0.3) is 5.69 Å². The number of likely N-dealkylation sites (tertiary alicyclic amines) is 1. The Morgan fingerprint density at radius 1 is 1.17 bits per heavy atom. The Morgan fingerprint density at radius 3 is 2.72 bits per heavy atom. The number of rotatable bonds is 4. The Labute approximate surface area is 175 Å². The zero-order valence-corrected chi connectivity index (χ0v) is 17.0. The van der Waals surface area contributed by atoms with Gasteiger partial charge >= 0.3 is 0 Å². The molecule has 2 saturated heterocycles. The third-order valence-electron chi connectivity index (χ3n) is 5.47. The SMILES string of the molecule is Cl.O=C(C1CCCN(Cc2ccn(-c3ccc(F)cc3F)n2)C1)N1CCNCC1. The molecule has 4 rings (SSSR count). The Morgan fingerprint density at radius 2 is 1.97 bits per heavy atom. The first-order valence-corrected chi connectivity index (χ1v) is 9.82. The van der Waals surface area contributed by atoms with Gasteiger partial charge in [0.15, 0.2) is 5.82 Å². The van der Waals surface area contributed by atoms with Crippen molar-refractivity contribution in [2.75, 3.05) is 39.3 Å².